The molecule has 98 heavy (non-hydrogen) atoms. The van der Waals surface area contributed by atoms with Crippen molar-refractivity contribution >= 4 is 95.3 Å². The average Bonchev–Trinajstić information content (AvgIpc) is 1.49. The zero-order valence-electron chi connectivity index (χ0n) is 52.7. The first-order valence-electron chi connectivity index (χ1n) is 32.9. The summed E-state index contributed by atoms with van der Waals surface area (Å²) in [4.78, 5) is 31.2. The van der Waals surface area contributed by atoms with Crippen molar-refractivity contribution in [1.29, 1.82) is 0 Å². The van der Waals surface area contributed by atoms with Crippen molar-refractivity contribution in [2.45, 2.75) is 0 Å². The van der Waals surface area contributed by atoms with Gasteiger partial charge in [-0.3, -0.25) is 0 Å². The van der Waals surface area contributed by atoms with E-state index >= 15 is 0 Å². The molecule has 0 radical (unpaired) electrons. The lowest BCUT2D eigenvalue weighted by Gasteiger charge is -2.12. The fourth-order valence-corrected chi connectivity index (χ4v) is 16.5. The van der Waals surface area contributed by atoms with Crippen molar-refractivity contribution in [3.05, 3.63) is 328 Å². The monoisotopic (exact) mass is 1280 g/mol. The summed E-state index contributed by atoms with van der Waals surface area (Å²) in [5, 5.41) is 12.0. The highest BCUT2D eigenvalue weighted by molar-refractivity contribution is 7.26. The summed E-state index contributed by atoms with van der Waals surface area (Å²) in [6.07, 6.45) is 0. The van der Waals surface area contributed by atoms with Crippen molar-refractivity contribution in [2.75, 3.05) is 0 Å². The van der Waals surface area contributed by atoms with Crippen LogP contribution < -0.4 is 0 Å². The highest BCUT2D eigenvalue weighted by atomic mass is 32.1. The predicted octanol–water partition coefficient (Wildman–Crippen LogP) is 24.6. The highest BCUT2D eigenvalue weighted by Crippen LogP contribution is 2.46. The molecule has 8 heteroatoms. The Bertz CT molecular complexity index is 6370. The SMILES string of the molecule is c1ccc(-c2nc(-c3ccc(-c4ccc5cc(-c6cccc7c6sc6cccc(-c8cccc(-c9nc(-c%10ccc(-c%11ccc%12ccccc%12c%11)cc%10)nc(-c%10cccc%11ccccc%10%11)n9)c8)c67)ccc5c4)cc3)nc(-c3cccc(-c4cccc5sc6ccccc6c45)c3)n2)cc1. The third kappa shape index (κ3) is 10.3. The molecule has 0 aliphatic carbocycles. The second-order valence-corrected chi connectivity index (χ2v) is 27.0. The van der Waals surface area contributed by atoms with Crippen molar-refractivity contribution < 1.29 is 0 Å². The zero-order chi connectivity index (χ0) is 64.6. The van der Waals surface area contributed by atoms with Gasteiger partial charge in [-0.25, -0.2) is 29.9 Å². The molecule has 0 atom stereocenters. The topological polar surface area (TPSA) is 77.3 Å². The van der Waals surface area contributed by atoms with E-state index in [2.05, 4.69) is 309 Å². The molecule has 0 fully saturated rings. The Hall–Kier alpha value is -12.5. The summed E-state index contributed by atoms with van der Waals surface area (Å²) in [6, 6.07) is 117. The molecule has 0 saturated carbocycles. The lowest BCUT2D eigenvalue weighted by atomic mass is 9.95. The summed E-state index contributed by atoms with van der Waals surface area (Å²) in [5.41, 5.74) is 17.1. The Kier molecular flexibility index (Phi) is 13.8. The third-order valence-corrected chi connectivity index (χ3v) is 21.3. The maximum Gasteiger partial charge on any atom is 0.164 e. The molecule has 19 aromatic rings. The number of fused-ring (bicyclic) bond motifs is 9. The lowest BCUT2D eigenvalue weighted by molar-refractivity contribution is 1.07. The van der Waals surface area contributed by atoms with E-state index in [-0.39, 0.29) is 0 Å². The third-order valence-electron chi connectivity index (χ3n) is 19.0. The minimum Gasteiger partial charge on any atom is -0.208 e. The summed E-state index contributed by atoms with van der Waals surface area (Å²) < 4.78 is 5.04. The smallest absolute Gasteiger partial charge is 0.164 e. The predicted molar refractivity (Wildman–Crippen MR) is 411 cm³/mol. The fourth-order valence-electron chi connectivity index (χ4n) is 14.1. The van der Waals surface area contributed by atoms with E-state index in [4.69, 9.17) is 29.9 Å². The van der Waals surface area contributed by atoms with Gasteiger partial charge in [0.1, 0.15) is 0 Å². The number of hydrogen-bond acceptors (Lipinski definition) is 8. The maximum atomic E-state index is 5.29. The van der Waals surface area contributed by atoms with Crippen LogP contribution in [0.3, 0.4) is 0 Å². The molecule has 0 aliphatic heterocycles. The minimum absolute atomic E-state index is 0.614. The molecule has 4 aromatic heterocycles. The Balaban J connectivity index is 0.626. The van der Waals surface area contributed by atoms with E-state index in [1.54, 1.807) is 0 Å². The van der Waals surface area contributed by atoms with Crippen molar-refractivity contribution in [3.8, 4) is 124 Å². The largest absolute Gasteiger partial charge is 0.208 e. The van der Waals surface area contributed by atoms with Gasteiger partial charge in [0.2, 0.25) is 0 Å². The molecule has 15 aromatic carbocycles. The van der Waals surface area contributed by atoms with Gasteiger partial charge in [-0.1, -0.05) is 279 Å². The van der Waals surface area contributed by atoms with Crippen LogP contribution in [0.5, 0.6) is 0 Å². The Morgan fingerprint density at radius 2 is 0.531 bits per heavy atom. The van der Waals surface area contributed by atoms with Gasteiger partial charge < -0.3 is 0 Å². The average molecular weight is 1280 g/mol. The van der Waals surface area contributed by atoms with Crippen LogP contribution in [0.4, 0.5) is 0 Å². The minimum atomic E-state index is 0.614. The second-order valence-electron chi connectivity index (χ2n) is 24.9. The van der Waals surface area contributed by atoms with E-state index in [0.717, 1.165) is 83.1 Å². The van der Waals surface area contributed by atoms with Crippen molar-refractivity contribution in [2.24, 2.45) is 0 Å². The highest BCUT2D eigenvalue weighted by Gasteiger charge is 2.21. The van der Waals surface area contributed by atoms with Crippen LogP contribution >= 0.6 is 22.7 Å². The van der Waals surface area contributed by atoms with E-state index in [1.165, 1.54) is 78.6 Å². The van der Waals surface area contributed by atoms with Gasteiger partial charge in [0.05, 0.1) is 0 Å². The van der Waals surface area contributed by atoms with Crippen LogP contribution in [0.1, 0.15) is 0 Å². The lowest BCUT2D eigenvalue weighted by Crippen LogP contribution is -2.00. The van der Waals surface area contributed by atoms with E-state index in [0.29, 0.717) is 34.9 Å². The summed E-state index contributed by atoms with van der Waals surface area (Å²) in [7, 11) is 0. The molecule has 456 valence electrons. The standard InChI is InChI=1S/C90H54N6S2/c1-2-18-59(19-3-1)85-91-86(93-88(92-85)70-24-10-22-67(53-70)73-28-14-34-80-82(73)77-27-8-9-33-79(77)97-80)60-41-36-57(37-42-60)64-46-47-66-52-69(49-48-65(66)51-64)75-30-13-32-78-83-74(29-15-35-81(83)98-84(75)78)68-23-11-25-71(54-68)89-94-87(95-90(96-89)76-31-12-21-58-17-6-7-26-72(58)76)61-43-38-56(39-44-61)63-45-40-55-16-4-5-20-62(55)50-63/h1-54H. The normalized spacial score (nSPS) is 11.7. The van der Waals surface area contributed by atoms with Gasteiger partial charge in [0.25, 0.3) is 0 Å². The van der Waals surface area contributed by atoms with Crippen molar-refractivity contribution in [3.63, 3.8) is 0 Å². The first-order valence-corrected chi connectivity index (χ1v) is 34.5. The quantitative estimate of drug-likeness (QED) is 0.128. The van der Waals surface area contributed by atoms with Crippen LogP contribution in [-0.2, 0) is 0 Å². The van der Waals surface area contributed by atoms with Crippen molar-refractivity contribution in [1.82, 2.24) is 29.9 Å². The van der Waals surface area contributed by atoms with Gasteiger partial charge in [-0.15, -0.1) is 22.7 Å². The van der Waals surface area contributed by atoms with Crippen LogP contribution in [0.25, 0.3) is 197 Å². The summed E-state index contributed by atoms with van der Waals surface area (Å²) >= 11 is 3.68. The van der Waals surface area contributed by atoms with Gasteiger partial charge in [-0.05, 0) is 136 Å². The molecule has 0 spiro atoms. The molecule has 6 nitrogen and oxygen atoms in total. The first kappa shape index (κ1) is 57.0. The number of rotatable bonds is 11. The molecule has 0 saturated heterocycles. The number of hydrogen-bond donors (Lipinski definition) is 0. The van der Waals surface area contributed by atoms with Gasteiger partial charge in [0, 0.05) is 73.7 Å². The van der Waals surface area contributed by atoms with Crippen LogP contribution in [0, 0.1) is 0 Å². The fraction of sp³-hybridized carbons (Fsp3) is 0. The Morgan fingerprint density at radius 3 is 1.17 bits per heavy atom. The Labute approximate surface area is 572 Å². The zero-order valence-corrected chi connectivity index (χ0v) is 54.3. The number of benzene rings is 15. The van der Waals surface area contributed by atoms with E-state index < -0.39 is 0 Å². The van der Waals surface area contributed by atoms with Crippen LogP contribution in [0.2, 0.25) is 0 Å². The van der Waals surface area contributed by atoms with Gasteiger partial charge in [0.15, 0.2) is 34.9 Å². The second kappa shape index (κ2) is 23.8. The molecule has 0 N–H and O–H groups in total. The Morgan fingerprint density at radius 1 is 0.173 bits per heavy atom. The summed E-state index contributed by atoms with van der Waals surface area (Å²) in [5.74, 6) is 3.74. The summed E-state index contributed by atoms with van der Waals surface area (Å²) in [6.45, 7) is 0. The molecule has 0 unspecified atom stereocenters. The van der Waals surface area contributed by atoms with Crippen LogP contribution in [-0.4, -0.2) is 29.9 Å². The molecular weight excluding hydrogens is 1230 g/mol. The molecule has 0 aliphatic rings. The van der Waals surface area contributed by atoms with E-state index in [9.17, 15) is 0 Å². The molecule has 19 rings (SSSR count). The molecule has 4 heterocycles. The molecule has 0 bridgehead atoms. The number of thiophene rings is 2. The van der Waals surface area contributed by atoms with Gasteiger partial charge >= 0.3 is 0 Å². The van der Waals surface area contributed by atoms with Crippen LogP contribution in [0.15, 0.2) is 328 Å². The first-order chi connectivity index (χ1) is 48.5. The number of nitrogens with zero attached hydrogens (tertiary/aromatic N) is 6. The number of aromatic nitrogens is 6. The van der Waals surface area contributed by atoms with E-state index in [1.807, 2.05) is 40.9 Å². The maximum absolute atomic E-state index is 5.29. The van der Waals surface area contributed by atoms with Gasteiger partial charge in [-0.2, -0.15) is 0 Å². The molecule has 0 amide bonds. The molecular formula is C90H54N6S2.